The molecule has 0 aromatic carbocycles. The van der Waals surface area contributed by atoms with Gasteiger partial charge in [-0.05, 0) is 36.0 Å². The van der Waals surface area contributed by atoms with Crippen LogP contribution in [-0.4, -0.2) is 42.3 Å². The molecule has 0 bridgehead atoms. The molecule has 0 spiro atoms. The van der Waals surface area contributed by atoms with Gasteiger partial charge in [0.25, 0.3) is 6.43 Å². The van der Waals surface area contributed by atoms with E-state index in [1.165, 1.54) is 0 Å². The van der Waals surface area contributed by atoms with Crippen LogP contribution in [-0.2, 0) is 9.53 Å². The maximum absolute atomic E-state index is 13.1. The lowest BCUT2D eigenvalue weighted by molar-refractivity contribution is -0.155. The highest BCUT2D eigenvalue weighted by atomic mass is 35.5. The van der Waals surface area contributed by atoms with Gasteiger partial charge < -0.3 is 15.4 Å². The van der Waals surface area contributed by atoms with Gasteiger partial charge >= 0.3 is 16.7 Å². The number of carbonyl (C=O) groups is 3. The lowest BCUT2D eigenvalue weighted by Crippen LogP contribution is -2.59. The number of alkyl halides is 2. The predicted molar refractivity (Wildman–Crippen MR) is 63.6 cm³/mol. The van der Waals surface area contributed by atoms with Gasteiger partial charge in [0.1, 0.15) is 0 Å². The summed E-state index contributed by atoms with van der Waals surface area (Å²) in [6.07, 6.45) is -3.75. The van der Waals surface area contributed by atoms with Crippen LogP contribution in [0, 0.1) is 0 Å². The Hall–Kier alpha value is -1.15. The third kappa shape index (κ3) is 5.56. The molecule has 2 N–H and O–H groups in total. The molecule has 0 aromatic heterocycles. The zero-order valence-electron chi connectivity index (χ0n) is 9.84. The summed E-state index contributed by atoms with van der Waals surface area (Å²) in [5, 5.41) is 1.67. The minimum atomic E-state index is -3.23. The largest absolute Gasteiger partial charge is 0.467 e. The summed E-state index contributed by atoms with van der Waals surface area (Å²) >= 11 is 9.97. The van der Waals surface area contributed by atoms with E-state index in [9.17, 15) is 23.2 Å². The van der Waals surface area contributed by atoms with Crippen molar-refractivity contribution in [2.24, 2.45) is 0 Å². The Balaban J connectivity index is 4.85. The van der Waals surface area contributed by atoms with Gasteiger partial charge in [0.05, 0.1) is 7.11 Å². The molecule has 0 fully saturated rings. The summed E-state index contributed by atoms with van der Waals surface area (Å²) in [5.74, 6) is -1.33. The Labute approximate surface area is 117 Å². The van der Waals surface area contributed by atoms with Crippen molar-refractivity contribution in [1.29, 1.82) is 0 Å². The van der Waals surface area contributed by atoms with Crippen molar-refractivity contribution in [3.63, 3.8) is 0 Å². The van der Waals surface area contributed by atoms with Gasteiger partial charge in [0, 0.05) is 6.54 Å². The molecule has 0 aromatic rings. The molecule has 0 radical (unpaired) electrons. The molecule has 19 heavy (non-hydrogen) atoms. The van der Waals surface area contributed by atoms with Gasteiger partial charge in [-0.3, -0.25) is 9.59 Å². The van der Waals surface area contributed by atoms with Crippen LogP contribution in [0.1, 0.15) is 12.8 Å². The van der Waals surface area contributed by atoms with Crippen LogP contribution in [0.2, 0.25) is 0 Å². The number of rotatable bonds is 7. The van der Waals surface area contributed by atoms with Gasteiger partial charge in [0.2, 0.25) is 0 Å². The van der Waals surface area contributed by atoms with E-state index in [0.717, 1.165) is 7.11 Å². The average Bonchev–Trinajstić information content (AvgIpc) is 2.30. The Morgan fingerprint density at radius 1 is 1.26 bits per heavy atom. The number of hydrogen-bond acceptors (Lipinski definition) is 4. The molecule has 1 atom stereocenters. The minimum Gasteiger partial charge on any atom is -0.467 e. The Kier molecular flexibility index (Phi) is 7.62. The van der Waals surface area contributed by atoms with E-state index in [2.05, 4.69) is 10.1 Å². The molecule has 2 amide bonds. The van der Waals surface area contributed by atoms with Gasteiger partial charge in [-0.25, -0.2) is 13.6 Å². The predicted octanol–water partition coefficient (Wildman–Crippen LogP) is 1.84. The SMILES string of the molecule is COC(=O)C(CCCNC(=O)Cl)(NC(=O)Cl)C(F)F. The molecule has 0 heterocycles. The zero-order chi connectivity index (χ0) is 15.1. The Morgan fingerprint density at radius 2 is 1.84 bits per heavy atom. The first-order chi connectivity index (χ1) is 8.76. The number of methoxy groups -OCH3 is 1. The van der Waals surface area contributed by atoms with E-state index >= 15 is 0 Å². The number of hydrogen-bond donors (Lipinski definition) is 2. The number of esters is 1. The van der Waals surface area contributed by atoms with Crippen LogP contribution >= 0.6 is 23.2 Å². The highest BCUT2D eigenvalue weighted by Gasteiger charge is 2.49. The molecule has 1 unspecified atom stereocenters. The zero-order valence-corrected chi connectivity index (χ0v) is 11.4. The van der Waals surface area contributed by atoms with E-state index in [-0.39, 0.29) is 13.0 Å². The summed E-state index contributed by atoms with van der Waals surface area (Å²) in [6.45, 7) is -0.0496. The van der Waals surface area contributed by atoms with Crippen molar-refractivity contribution in [3.05, 3.63) is 0 Å². The Morgan fingerprint density at radius 3 is 2.21 bits per heavy atom. The molecular formula is C9H12Cl2F2N2O4. The average molecular weight is 321 g/mol. The minimum absolute atomic E-state index is 0.0466. The summed E-state index contributed by atoms with van der Waals surface area (Å²) in [4.78, 5) is 32.6. The lowest BCUT2D eigenvalue weighted by Gasteiger charge is -2.30. The highest BCUT2D eigenvalue weighted by Crippen LogP contribution is 2.24. The number of halogens is 4. The van der Waals surface area contributed by atoms with Crippen LogP contribution < -0.4 is 10.6 Å². The van der Waals surface area contributed by atoms with Gasteiger partial charge in [-0.15, -0.1) is 0 Å². The monoisotopic (exact) mass is 320 g/mol. The molecule has 0 saturated heterocycles. The molecular weight excluding hydrogens is 309 g/mol. The molecule has 0 aliphatic heterocycles. The fourth-order valence-electron chi connectivity index (χ4n) is 1.38. The van der Waals surface area contributed by atoms with Crippen molar-refractivity contribution >= 4 is 39.9 Å². The Bertz CT molecular complexity index is 357. The van der Waals surface area contributed by atoms with Gasteiger partial charge in [-0.1, -0.05) is 0 Å². The van der Waals surface area contributed by atoms with Crippen molar-refractivity contribution in [2.45, 2.75) is 24.8 Å². The van der Waals surface area contributed by atoms with Crippen LogP contribution in [0.4, 0.5) is 18.4 Å². The number of ether oxygens (including phenoxy) is 1. The summed E-state index contributed by atoms with van der Waals surface area (Å²) < 4.78 is 30.4. The topological polar surface area (TPSA) is 84.5 Å². The molecule has 10 heteroatoms. The fraction of sp³-hybridized carbons (Fsp3) is 0.667. The van der Waals surface area contributed by atoms with E-state index in [0.29, 0.717) is 0 Å². The van der Waals surface area contributed by atoms with Crippen molar-refractivity contribution < 1.29 is 27.9 Å². The maximum Gasteiger partial charge on any atom is 0.337 e. The van der Waals surface area contributed by atoms with Crippen molar-refractivity contribution in [1.82, 2.24) is 10.6 Å². The van der Waals surface area contributed by atoms with Crippen molar-refractivity contribution in [2.75, 3.05) is 13.7 Å². The quantitative estimate of drug-likeness (QED) is 0.324. The summed E-state index contributed by atoms with van der Waals surface area (Å²) in [6, 6.07) is 0. The van der Waals surface area contributed by atoms with Gasteiger partial charge in [-0.2, -0.15) is 0 Å². The number of nitrogens with one attached hydrogen (secondary N) is 2. The van der Waals surface area contributed by atoms with E-state index in [4.69, 9.17) is 23.2 Å². The fourth-order valence-corrected chi connectivity index (χ4v) is 1.64. The standard InChI is InChI=1S/C9H12Cl2F2N2O4/c1-19-6(16)9(5(12)13,15-8(11)18)3-2-4-14-7(10)17/h5H,2-4H2,1H3,(H,14,17)(H,15,18). The van der Waals surface area contributed by atoms with E-state index < -0.39 is 35.1 Å². The van der Waals surface area contributed by atoms with E-state index in [1.54, 1.807) is 5.32 Å². The smallest absolute Gasteiger partial charge is 0.337 e. The second kappa shape index (κ2) is 8.11. The first kappa shape index (κ1) is 17.8. The van der Waals surface area contributed by atoms with Crippen LogP contribution in [0.15, 0.2) is 0 Å². The number of carbonyl (C=O) groups excluding carboxylic acids is 3. The maximum atomic E-state index is 13.1. The van der Waals surface area contributed by atoms with Crippen LogP contribution in [0.5, 0.6) is 0 Å². The van der Waals surface area contributed by atoms with Gasteiger partial charge in [0.15, 0.2) is 5.54 Å². The lowest BCUT2D eigenvalue weighted by atomic mass is 9.94. The second-order valence-corrected chi connectivity index (χ2v) is 4.15. The molecule has 0 aliphatic carbocycles. The molecule has 0 rings (SSSR count). The highest BCUT2D eigenvalue weighted by molar-refractivity contribution is 6.63. The summed E-state index contributed by atoms with van der Waals surface area (Å²) in [7, 11) is 0.903. The molecule has 110 valence electrons. The third-order valence-electron chi connectivity index (χ3n) is 2.26. The molecule has 0 saturated carbocycles. The normalized spacial score (nSPS) is 13.6. The molecule has 0 aliphatic rings. The first-order valence-electron chi connectivity index (χ1n) is 5.03. The summed E-state index contributed by atoms with van der Waals surface area (Å²) in [5.41, 5.74) is -2.55. The second-order valence-electron chi connectivity index (χ2n) is 3.47. The van der Waals surface area contributed by atoms with Crippen molar-refractivity contribution in [3.8, 4) is 0 Å². The first-order valence-corrected chi connectivity index (χ1v) is 5.79. The van der Waals surface area contributed by atoms with E-state index in [1.807, 2.05) is 0 Å². The molecule has 6 nitrogen and oxygen atoms in total. The van der Waals surface area contributed by atoms with Crippen LogP contribution in [0.25, 0.3) is 0 Å². The van der Waals surface area contributed by atoms with Crippen LogP contribution in [0.3, 0.4) is 0 Å². The third-order valence-corrected chi connectivity index (χ3v) is 2.48. The number of amides is 2.